The van der Waals surface area contributed by atoms with E-state index in [1.165, 1.54) is 0 Å². The Morgan fingerprint density at radius 1 is 2.00 bits per heavy atom. The van der Waals surface area contributed by atoms with E-state index in [0.717, 1.165) is 5.25 Å². The molecule has 30 valence electrons. The molecule has 0 spiro atoms. The van der Waals surface area contributed by atoms with E-state index in [1.807, 2.05) is 6.08 Å². The fourth-order valence-electron chi connectivity index (χ4n) is 0.118. The molecule has 0 aliphatic rings. The standard InChI is InChI=1S/C3H9GeN/c1-2-3-4-5/h2H,1,3-5H2. The molecule has 1 nitrogen and oxygen atoms in total. The topological polar surface area (TPSA) is 26.0 Å². The van der Waals surface area contributed by atoms with E-state index >= 15 is 0 Å². The van der Waals surface area contributed by atoms with Crippen LogP contribution in [0, 0.1) is 0 Å². The van der Waals surface area contributed by atoms with Crippen LogP contribution in [0.1, 0.15) is 0 Å². The SMILES string of the molecule is C=C[CH2][GeH2][NH2]. The Kier molecular flexibility index (Phi) is 4.45. The van der Waals surface area contributed by atoms with Crippen LogP contribution in [-0.4, -0.2) is 15.7 Å². The van der Waals surface area contributed by atoms with E-state index in [9.17, 15) is 0 Å². The van der Waals surface area contributed by atoms with Crippen molar-refractivity contribution in [1.29, 1.82) is 0 Å². The van der Waals surface area contributed by atoms with Crippen LogP contribution in [-0.2, 0) is 0 Å². The second-order valence-corrected chi connectivity index (χ2v) is 3.29. The second kappa shape index (κ2) is 4.24. The molecule has 0 radical (unpaired) electrons. The summed E-state index contributed by atoms with van der Waals surface area (Å²) in [6.45, 7) is 3.52. The first-order valence-electron chi connectivity index (χ1n) is 1.72. The van der Waals surface area contributed by atoms with E-state index < -0.39 is 15.7 Å². The molecule has 0 aromatic heterocycles. The van der Waals surface area contributed by atoms with Gasteiger partial charge >= 0.3 is 38.3 Å². The predicted octanol–water partition coefficient (Wildman–Crippen LogP) is -0.367. The van der Waals surface area contributed by atoms with Crippen LogP contribution < -0.4 is 4.69 Å². The number of hydrogen-bond donors (Lipinski definition) is 1. The third-order valence-corrected chi connectivity index (χ3v) is 1.93. The zero-order valence-electron chi connectivity index (χ0n) is 3.28. The summed E-state index contributed by atoms with van der Waals surface area (Å²) in [5.74, 6) is 0. The van der Waals surface area contributed by atoms with Gasteiger partial charge in [0, 0.05) is 0 Å². The van der Waals surface area contributed by atoms with Crippen LogP contribution in [0.25, 0.3) is 0 Å². The maximum absolute atomic E-state index is 5.26. The van der Waals surface area contributed by atoms with Crippen molar-refractivity contribution in [1.82, 2.24) is 0 Å². The Hall–Kier alpha value is 0.243. The summed E-state index contributed by atoms with van der Waals surface area (Å²) in [5.41, 5.74) is 0. The molecule has 0 bridgehead atoms. The van der Waals surface area contributed by atoms with Crippen LogP contribution >= 0.6 is 0 Å². The molecule has 0 unspecified atom stereocenters. The van der Waals surface area contributed by atoms with Gasteiger partial charge < -0.3 is 0 Å². The Morgan fingerprint density at radius 3 is 2.60 bits per heavy atom. The first-order chi connectivity index (χ1) is 2.41. The van der Waals surface area contributed by atoms with Crippen molar-refractivity contribution in [3.05, 3.63) is 12.7 Å². The minimum atomic E-state index is -0.530. The molecule has 0 saturated heterocycles. The number of hydrogen-bond acceptors (Lipinski definition) is 1. The van der Waals surface area contributed by atoms with E-state index in [4.69, 9.17) is 4.69 Å². The second-order valence-electron chi connectivity index (χ2n) is 0.866. The van der Waals surface area contributed by atoms with Gasteiger partial charge in [0.05, 0.1) is 0 Å². The van der Waals surface area contributed by atoms with Gasteiger partial charge in [-0.25, -0.2) is 0 Å². The molecule has 2 heteroatoms. The molecule has 0 atom stereocenters. The van der Waals surface area contributed by atoms with Crippen molar-refractivity contribution < 1.29 is 0 Å². The first-order valence-corrected chi connectivity index (χ1v) is 5.54. The Bertz CT molecular complexity index is 28.1. The summed E-state index contributed by atoms with van der Waals surface area (Å²) in [7, 11) is 0. The summed E-state index contributed by atoms with van der Waals surface area (Å²) in [5, 5.41) is 1.12. The maximum atomic E-state index is 5.26. The molecule has 0 amide bonds. The minimum absolute atomic E-state index is 0.530. The molecule has 0 aliphatic carbocycles. The monoisotopic (exact) mass is 133 g/mol. The van der Waals surface area contributed by atoms with Gasteiger partial charge in [0.15, 0.2) is 0 Å². The zero-order valence-corrected chi connectivity index (χ0v) is 6.24. The van der Waals surface area contributed by atoms with Crippen molar-refractivity contribution in [2.75, 3.05) is 0 Å². The molecular formula is C3H9GeN. The van der Waals surface area contributed by atoms with E-state index in [2.05, 4.69) is 6.58 Å². The summed E-state index contributed by atoms with van der Waals surface area (Å²) in [6, 6.07) is 0. The summed E-state index contributed by atoms with van der Waals surface area (Å²) < 4.78 is 5.26. The molecule has 2 N–H and O–H groups in total. The molecule has 0 heterocycles. The summed E-state index contributed by atoms with van der Waals surface area (Å²) >= 11 is -0.530. The zero-order chi connectivity index (χ0) is 4.12. The van der Waals surface area contributed by atoms with Gasteiger partial charge in [-0.3, -0.25) is 0 Å². The first kappa shape index (κ1) is 5.24. The summed E-state index contributed by atoms with van der Waals surface area (Å²) in [6.07, 6.45) is 1.89. The Labute approximate surface area is 38.9 Å². The third-order valence-electron chi connectivity index (χ3n) is 0.371. The van der Waals surface area contributed by atoms with Crippen molar-refractivity contribution in [2.45, 2.75) is 5.25 Å². The van der Waals surface area contributed by atoms with Gasteiger partial charge in [-0.1, -0.05) is 0 Å². The Morgan fingerprint density at radius 2 is 2.60 bits per heavy atom. The van der Waals surface area contributed by atoms with Crippen molar-refractivity contribution in [2.24, 2.45) is 4.69 Å². The van der Waals surface area contributed by atoms with Gasteiger partial charge in [0.25, 0.3) is 0 Å². The van der Waals surface area contributed by atoms with E-state index in [-0.39, 0.29) is 0 Å². The van der Waals surface area contributed by atoms with Gasteiger partial charge in [0.2, 0.25) is 0 Å². The molecule has 0 saturated carbocycles. The average molecular weight is 132 g/mol. The van der Waals surface area contributed by atoms with E-state index in [0.29, 0.717) is 0 Å². The number of rotatable bonds is 2. The van der Waals surface area contributed by atoms with Crippen LogP contribution in [0.2, 0.25) is 5.25 Å². The molecule has 0 rings (SSSR count). The Balaban J connectivity index is 2.40. The normalized spacial score (nSPS) is 9.80. The molecule has 0 fully saturated rings. The van der Waals surface area contributed by atoms with Crippen molar-refractivity contribution >= 4 is 15.7 Å². The summed E-state index contributed by atoms with van der Waals surface area (Å²) in [4.78, 5) is 0. The number of allylic oxidation sites excluding steroid dienone is 1. The average Bonchev–Trinajstić information content (AvgIpc) is 1.41. The van der Waals surface area contributed by atoms with Gasteiger partial charge in [-0.15, -0.1) is 0 Å². The quantitative estimate of drug-likeness (QED) is 0.402. The van der Waals surface area contributed by atoms with Crippen LogP contribution in [0.3, 0.4) is 0 Å². The molecule has 0 aromatic rings. The molecular weight excluding hydrogens is 123 g/mol. The van der Waals surface area contributed by atoms with Crippen molar-refractivity contribution in [3.63, 3.8) is 0 Å². The predicted molar refractivity (Wildman–Crippen MR) is 27.7 cm³/mol. The molecule has 5 heavy (non-hydrogen) atoms. The van der Waals surface area contributed by atoms with Crippen LogP contribution in [0.15, 0.2) is 12.7 Å². The van der Waals surface area contributed by atoms with Gasteiger partial charge in [-0.2, -0.15) is 0 Å². The van der Waals surface area contributed by atoms with E-state index in [1.54, 1.807) is 0 Å². The molecule has 0 aromatic carbocycles. The van der Waals surface area contributed by atoms with Crippen LogP contribution in [0.4, 0.5) is 0 Å². The number of nitrogens with two attached hydrogens (primary N) is 1. The van der Waals surface area contributed by atoms with Crippen LogP contribution in [0.5, 0.6) is 0 Å². The molecule has 0 aliphatic heterocycles. The fraction of sp³-hybridized carbons (Fsp3) is 0.333. The third kappa shape index (κ3) is 4.24. The fourth-order valence-corrected chi connectivity index (χ4v) is 0.612. The van der Waals surface area contributed by atoms with Crippen molar-refractivity contribution in [3.8, 4) is 0 Å². The van der Waals surface area contributed by atoms with Gasteiger partial charge in [-0.05, 0) is 0 Å². The van der Waals surface area contributed by atoms with Gasteiger partial charge in [0.1, 0.15) is 0 Å².